The van der Waals surface area contributed by atoms with E-state index < -0.39 is 34.8 Å². The molecule has 0 radical (unpaired) electrons. The van der Waals surface area contributed by atoms with Crippen LogP contribution in [-0.4, -0.2) is 54.8 Å². The molecule has 3 aromatic carbocycles. The van der Waals surface area contributed by atoms with Crippen molar-refractivity contribution in [2.75, 3.05) is 20.2 Å². The van der Waals surface area contributed by atoms with E-state index in [0.29, 0.717) is 22.4 Å². The number of carbonyl (C=O) groups is 5. The number of benzene rings is 3. The number of primary amides is 1. The van der Waals surface area contributed by atoms with Gasteiger partial charge < -0.3 is 31.7 Å². The molecule has 1 unspecified atom stereocenters. The maximum absolute atomic E-state index is 13.2. The summed E-state index contributed by atoms with van der Waals surface area (Å²) in [5, 5.41) is 7.61. The molecule has 2 aliphatic heterocycles. The number of hydrogen-bond acceptors (Lipinski definition) is 7. The Morgan fingerprint density at radius 2 is 1.67 bits per heavy atom. The fourth-order valence-electron chi connectivity index (χ4n) is 5.52. The van der Waals surface area contributed by atoms with Crippen LogP contribution in [-0.2, 0) is 32.0 Å². The number of fused-ring (bicyclic) bond motifs is 1. The first-order valence-corrected chi connectivity index (χ1v) is 13.1. The average molecular weight is 571 g/mol. The van der Waals surface area contributed by atoms with Crippen LogP contribution in [0.3, 0.4) is 0 Å². The monoisotopic (exact) mass is 570 g/mol. The number of nitrogens with one attached hydrogen (secondary N) is 3. The van der Waals surface area contributed by atoms with Gasteiger partial charge in [0.2, 0.25) is 11.8 Å². The molecule has 12 nitrogen and oxygen atoms in total. The molecule has 0 spiro atoms. The Balaban J connectivity index is 1.43. The lowest BCUT2D eigenvalue weighted by molar-refractivity contribution is -0.130. The summed E-state index contributed by atoms with van der Waals surface area (Å²) in [4.78, 5) is 64.3. The zero-order valence-electron chi connectivity index (χ0n) is 23.0. The normalized spacial score (nSPS) is 19.0. The molecule has 2 aliphatic rings. The predicted molar refractivity (Wildman–Crippen MR) is 152 cm³/mol. The number of urea groups is 1. The Hall–Kier alpha value is -5.23. The lowest BCUT2D eigenvalue weighted by Crippen LogP contribution is -2.58. The SMILES string of the molecule is COc1ccc2c(c1)C(=O)N(C[C@@]1(c3ccc(-c4ccc(C(CN)(NC(C)=O)C(N)=O)cc4)cc3)NC(=O)NC1=O)C2. The molecule has 6 amide bonds. The molecule has 0 saturated carbocycles. The summed E-state index contributed by atoms with van der Waals surface area (Å²) in [6.45, 7) is 1.26. The van der Waals surface area contributed by atoms with E-state index in [0.717, 1.165) is 16.7 Å². The lowest BCUT2D eigenvalue weighted by atomic mass is 9.86. The number of rotatable bonds is 9. The van der Waals surface area contributed by atoms with E-state index in [1.807, 2.05) is 6.07 Å². The molecule has 3 aromatic rings. The van der Waals surface area contributed by atoms with Gasteiger partial charge in [-0.25, -0.2) is 4.79 Å². The predicted octanol–water partition coefficient (Wildman–Crippen LogP) is 0.828. The van der Waals surface area contributed by atoms with Crippen molar-refractivity contribution in [2.45, 2.75) is 24.5 Å². The van der Waals surface area contributed by atoms with Crippen molar-refractivity contribution < 1.29 is 28.7 Å². The molecule has 2 heterocycles. The maximum Gasteiger partial charge on any atom is 0.322 e. The summed E-state index contributed by atoms with van der Waals surface area (Å²) in [6, 6.07) is 18.4. The van der Waals surface area contributed by atoms with Gasteiger partial charge in [-0.1, -0.05) is 54.6 Å². The van der Waals surface area contributed by atoms with E-state index in [-0.39, 0.29) is 25.5 Å². The minimum Gasteiger partial charge on any atom is -0.497 e. The molecule has 0 bridgehead atoms. The van der Waals surface area contributed by atoms with Crippen LogP contribution in [0.15, 0.2) is 66.7 Å². The van der Waals surface area contributed by atoms with Crippen molar-refractivity contribution in [3.05, 3.63) is 89.0 Å². The number of imide groups is 1. The Bertz CT molecular complexity index is 1610. The van der Waals surface area contributed by atoms with Gasteiger partial charge in [0.1, 0.15) is 5.75 Å². The molecular formula is C30H30N6O6. The Kier molecular flexibility index (Phi) is 7.17. The first-order valence-electron chi connectivity index (χ1n) is 13.1. The van der Waals surface area contributed by atoms with Gasteiger partial charge in [-0.2, -0.15) is 0 Å². The van der Waals surface area contributed by atoms with Crippen molar-refractivity contribution in [3.63, 3.8) is 0 Å². The van der Waals surface area contributed by atoms with Gasteiger partial charge in [0, 0.05) is 25.6 Å². The number of nitrogens with two attached hydrogens (primary N) is 2. The Morgan fingerprint density at radius 1 is 1.02 bits per heavy atom. The highest BCUT2D eigenvalue weighted by molar-refractivity contribution is 6.08. The van der Waals surface area contributed by atoms with E-state index in [4.69, 9.17) is 16.2 Å². The van der Waals surface area contributed by atoms with Crippen LogP contribution in [0, 0.1) is 0 Å². The summed E-state index contributed by atoms with van der Waals surface area (Å²) in [5.74, 6) is -1.51. The summed E-state index contributed by atoms with van der Waals surface area (Å²) < 4.78 is 5.24. The van der Waals surface area contributed by atoms with Crippen molar-refractivity contribution in [2.24, 2.45) is 11.5 Å². The smallest absolute Gasteiger partial charge is 0.322 e. The van der Waals surface area contributed by atoms with Crippen LogP contribution >= 0.6 is 0 Å². The molecule has 7 N–H and O–H groups in total. The summed E-state index contributed by atoms with van der Waals surface area (Å²) in [6.07, 6.45) is 0. The maximum atomic E-state index is 13.2. The van der Waals surface area contributed by atoms with Gasteiger partial charge in [-0.05, 0) is 39.9 Å². The van der Waals surface area contributed by atoms with Gasteiger partial charge in [-0.3, -0.25) is 24.5 Å². The number of amides is 6. The highest BCUT2D eigenvalue weighted by atomic mass is 16.5. The van der Waals surface area contributed by atoms with Crippen molar-refractivity contribution in [1.29, 1.82) is 0 Å². The van der Waals surface area contributed by atoms with Crippen molar-refractivity contribution in [3.8, 4) is 16.9 Å². The van der Waals surface area contributed by atoms with Crippen molar-refractivity contribution >= 4 is 29.7 Å². The fourth-order valence-corrected chi connectivity index (χ4v) is 5.52. The fraction of sp³-hybridized carbons (Fsp3) is 0.233. The number of carbonyl (C=O) groups excluding carboxylic acids is 5. The summed E-state index contributed by atoms with van der Waals surface area (Å²) >= 11 is 0. The topological polar surface area (TPSA) is 186 Å². The van der Waals surface area contributed by atoms with E-state index in [2.05, 4.69) is 16.0 Å². The van der Waals surface area contributed by atoms with E-state index >= 15 is 0 Å². The molecular weight excluding hydrogens is 540 g/mol. The van der Waals surface area contributed by atoms with Gasteiger partial charge in [0.05, 0.1) is 13.7 Å². The van der Waals surface area contributed by atoms with E-state index in [1.54, 1.807) is 60.7 Å². The van der Waals surface area contributed by atoms with Crippen LogP contribution in [0.25, 0.3) is 11.1 Å². The zero-order valence-corrected chi connectivity index (χ0v) is 23.0. The quantitative estimate of drug-likeness (QED) is 0.236. The minimum atomic E-state index is -1.55. The molecule has 0 aromatic heterocycles. The van der Waals surface area contributed by atoms with E-state index in [9.17, 15) is 24.0 Å². The molecule has 5 rings (SSSR count). The lowest BCUT2D eigenvalue weighted by Gasteiger charge is -2.31. The number of hydrogen-bond donors (Lipinski definition) is 5. The average Bonchev–Trinajstić information content (AvgIpc) is 3.45. The molecule has 42 heavy (non-hydrogen) atoms. The van der Waals surface area contributed by atoms with Crippen molar-refractivity contribution in [1.82, 2.24) is 20.9 Å². The minimum absolute atomic E-state index is 0.0775. The second kappa shape index (κ2) is 10.6. The van der Waals surface area contributed by atoms with E-state index in [1.165, 1.54) is 18.9 Å². The van der Waals surface area contributed by atoms with Gasteiger partial charge >= 0.3 is 6.03 Å². The molecule has 1 fully saturated rings. The molecule has 216 valence electrons. The number of ether oxygens (including phenoxy) is 1. The van der Waals surface area contributed by atoms with Crippen LogP contribution in [0.5, 0.6) is 5.75 Å². The number of methoxy groups -OCH3 is 1. The first kappa shape index (κ1) is 28.3. The van der Waals surface area contributed by atoms with Gasteiger partial charge in [0.25, 0.3) is 11.8 Å². The second-order valence-corrected chi connectivity index (χ2v) is 10.3. The van der Waals surface area contributed by atoms with Crippen LogP contribution in [0.2, 0.25) is 0 Å². The van der Waals surface area contributed by atoms with Crippen LogP contribution < -0.4 is 32.2 Å². The molecule has 2 atom stereocenters. The number of nitrogens with zero attached hydrogens (tertiary/aromatic N) is 1. The molecule has 12 heteroatoms. The standard InChI is InChI=1S/C30H30N6O6/c1-17(37)34-29(15-31,26(32)39)21-8-3-18(4-9-21)19-5-10-22(11-6-19)30(27(40)33-28(41)35-30)16-36-14-20-7-12-23(42-2)13-24(20)25(36)38/h3-13H,14-16,31H2,1-2H3,(H2,32,39)(H,34,37)(H2,33,35,40,41)/t29?,30-/m0/s1. The van der Waals surface area contributed by atoms with Crippen LogP contribution in [0.4, 0.5) is 4.79 Å². The third-order valence-electron chi connectivity index (χ3n) is 7.77. The highest BCUT2D eigenvalue weighted by Crippen LogP contribution is 2.34. The second-order valence-electron chi connectivity index (χ2n) is 10.3. The highest BCUT2D eigenvalue weighted by Gasteiger charge is 2.50. The molecule has 1 saturated heterocycles. The third kappa shape index (κ3) is 4.71. The van der Waals surface area contributed by atoms with Gasteiger partial charge in [0.15, 0.2) is 11.1 Å². The largest absolute Gasteiger partial charge is 0.497 e. The Labute approximate surface area is 241 Å². The third-order valence-corrected chi connectivity index (χ3v) is 7.77. The van der Waals surface area contributed by atoms with Gasteiger partial charge in [-0.15, -0.1) is 0 Å². The Morgan fingerprint density at radius 3 is 2.19 bits per heavy atom. The summed E-state index contributed by atoms with van der Waals surface area (Å²) in [7, 11) is 1.52. The van der Waals surface area contributed by atoms with Crippen LogP contribution in [0.1, 0.15) is 34.0 Å². The zero-order chi connectivity index (χ0) is 30.2. The summed E-state index contributed by atoms with van der Waals surface area (Å²) in [5.41, 5.74) is 12.2. The molecule has 0 aliphatic carbocycles. The first-order chi connectivity index (χ1) is 20.0.